The molecule has 0 saturated heterocycles. The first kappa shape index (κ1) is 16.2. The van der Waals surface area contributed by atoms with E-state index in [0.717, 1.165) is 39.4 Å². The zero-order chi connectivity index (χ0) is 18.1. The summed E-state index contributed by atoms with van der Waals surface area (Å²) in [6.07, 6.45) is 0. The van der Waals surface area contributed by atoms with Crippen molar-refractivity contribution in [2.45, 2.75) is 6.92 Å². The number of allylic oxidation sites excluding steroid dienone is 1. The number of aryl methyl sites for hydroxylation is 1. The number of Topliss-reactive ketones (excluding diaryl/α,β-unsaturated/α-hetero) is 1. The van der Waals surface area contributed by atoms with E-state index >= 15 is 0 Å². The number of methoxy groups -OCH3 is 1. The van der Waals surface area contributed by atoms with Crippen LogP contribution in [0.1, 0.15) is 27.0 Å². The maximum Gasteiger partial charge on any atom is 0.196 e. The van der Waals surface area contributed by atoms with Crippen LogP contribution in [-0.4, -0.2) is 12.9 Å². The molecule has 0 radical (unpaired) electrons. The molecule has 3 aromatic rings. The SMILES string of the molecule is COc1ccc(C)cc1NC1=C(c2ccccc2)C(=O)c2ccccc21. The highest BCUT2D eigenvalue weighted by atomic mass is 16.5. The lowest BCUT2D eigenvalue weighted by molar-refractivity contribution is 0.105. The molecule has 3 heteroatoms. The Bertz CT molecular complexity index is 1020. The van der Waals surface area contributed by atoms with Crippen molar-refractivity contribution in [3.63, 3.8) is 0 Å². The van der Waals surface area contributed by atoms with Gasteiger partial charge in [-0.25, -0.2) is 0 Å². The number of hydrogen-bond acceptors (Lipinski definition) is 3. The van der Waals surface area contributed by atoms with Crippen LogP contribution in [0.25, 0.3) is 11.3 Å². The van der Waals surface area contributed by atoms with Crippen molar-refractivity contribution in [2.75, 3.05) is 12.4 Å². The first-order valence-electron chi connectivity index (χ1n) is 8.54. The van der Waals surface area contributed by atoms with Crippen LogP contribution in [0.2, 0.25) is 0 Å². The quantitative estimate of drug-likeness (QED) is 0.710. The third-order valence-corrected chi connectivity index (χ3v) is 4.60. The lowest BCUT2D eigenvalue weighted by atomic mass is 10.0. The average molecular weight is 341 g/mol. The number of nitrogens with one attached hydrogen (secondary N) is 1. The Morgan fingerprint density at radius 1 is 0.846 bits per heavy atom. The van der Waals surface area contributed by atoms with Crippen LogP contribution in [0, 0.1) is 6.92 Å². The van der Waals surface area contributed by atoms with E-state index in [1.807, 2.05) is 79.7 Å². The van der Waals surface area contributed by atoms with Crippen molar-refractivity contribution in [2.24, 2.45) is 0 Å². The van der Waals surface area contributed by atoms with E-state index in [2.05, 4.69) is 5.32 Å². The molecule has 0 aliphatic heterocycles. The molecule has 0 aromatic heterocycles. The summed E-state index contributed by atoms with van der Waals surface area (Å²) < 4.78 is 5.50. The third kappa shape index (κ3) is 2.68. The molecule has 0 spiro atoms. The summed E-state index contributed by atoms with van der Waals surface area (Å²) >= 11 is 0. The number of fused-ring (bicyclic) bond motifs is 1. The normalized spacial score (nSPS) is 12.9. The minimum atomic E-state index is 0.0425. The number of rotatable bonds is 4. The number of carbonyl (C=O) groups is 1. The van der Waals surface area contributed by atoms with Crippen LogP contribution in [0.4, 0.5) is 5.69 Å². The zero-order valence-corrected chi connectivity index (χ0v) is 14.7. The molecule has 1 aliphatic carbocycles. The Labute approximate surface area is 152 Å². The molecule has 0 fully saturated rings. The monoisotopic (exact) mass is 341 g/mol. The second kappa shape index (κ2) is 6.52. The standard InChI is InChI=1S/C23H19NO2/c1-15-12-13-20(26-2)19(14-15)24-22-17-10-6-7-11-18(17)23(25)21(22)16-8-4-3-5-9-16/h3-14,24H,1-2H3. The van der Waals surface area contributed by atoms with E-state index in [-0.39, 0.29) is 5.78 Å². The number of ketones is 1. The molecule has 1 N–H and O–H groups in total. The van der Waals surface area contributed by atoms with Gasteiger partial charge in [-0.05, 0) is 30.2 Å². The maximum absolute atomic E-state index is 13.1. The van der Waals surface area contributed by atoms with Crippen molar-refractivity contribution in [1.82, 2.24) is 0 Å². The molecule has 0 bridgehead atoms. The number of benzene rings is 3. The van der Waals surface area contributed by atoms with Gasteiger partial charge in [0.25, 0.3) is 0 Å². The van der Waals surface area contributed by atoms with E-state index < -0.39 is 0 Å². The Morgan fingerprint density at radius 3 is 2.27 bits per heavy atom. The van der Waals surface area contributed by atoms with Crippen molar-refractivity contribution in [1.29, 1.82) is 0 Å². The molecular formula is C23H19NO2. The summed E-state index contributed by atoms with van der Waals surface area (Å²) in [7, 11) is 1.65. The van der Waals surface area contributed by atoms with Crippen molar-refractivity contribution >= 4 is 22.7 Å². The van der Waals surface area contributed by atoms with E-state index in [9.17, 15) is 4.79 Å². The fourth-order valence-electron chi connectivity index (χ4n) is 3.35. The topological polar surface area (TPSA) is 38.3 Å². The lowest BCUT2D eigenvalue weighted by Crippen LogP contribution is -2.03. The highest BCUT2D eigenvalue weighted by Gasteiger charge is 2.30. The maximum atomic E-state index is 13.1. The molecule has 1 aliphatic rings. The van der Waals surface area contributed by atoms with Gasteiger partial charge in [0.2, 0.25) is 0 Å². The summed E-state index contributed by atoms with van der Waals surface area (Å²) in [5.74, 6) is 0.785. The van der Waals surface area contributed by atoms with Gasteiger partial charge in [0.05, 0.1) is 24.1 Å². The largest absolute Gasteiger partial charge is 0.495 e. The first-order valence-corrected chi connectivity index (χ1v) is 8.54. The van der Waals surface area contributed by atoms with Gasteiger partial charge >= 0.3 is 0 Å². The van der Waals surface area contributed by atoms with Gasteiger partial charge in [0.1, 0.15) is 5.75 Å². The van der Waals surface area contributed by atoms with Crippen molar-refractivity contribution in [3.8, 4) is 5.75 Å². The Balaban J connectivity index is 1.91. The van der Waals surface area contributed by atoms with Gasteiger partial charge in [-0.15, -0.1) is 0 Å². The van der Waals surface area contributed by atoms with Crippen LogP contribution < -0.4 is 10.1 Å². The van der Waals surface area contributed by atoms with Crippen molar-refractivity contribution < 1.29 is 9.53 Å². The summed E-state index contributed by atoms with van der Waals surface area (Å²) in [5.41, 5.74) is 6.02. The number of carbonyl (C=O) groups excluding carboxylic acids is 1. The Morgan fingerprint density at radius 2 is 1.54 bits per heavy atom. The van der Waals surface area contributed by atoms with E-state index in [1.54, 1.807) is 7.11 Å². The molecule has 128 valence electrons. The molecule has 26 heavy (non-hydrogen) atoms. The van der Waals surface area contributed by atoms with Gasteiger partial charge in [-0.2, -0.15) is 0 Å². The van der Waals surface area contributed by atoms with Gasteiger partial charge < -0.3 is 10.1 Å². The molecule has 0 heterocycles. The van der Waals surface area contributed by atoms with Gasteiger partial charge in [-0.1, -0.05) is 60.7 Å². The minimum Gasteiger partial charge on any atom is -0.495 e. The van der Waals surface area contributed by atoms with Gasteiger partial charge in [0, 0.05) is 11.1 Å². The molecule has 4 rings (SSSR count). The minimum absolute atomic E-state index is 0.0425. The summed E-state index contributed by atoms with van der Waals surface area (Å²) in [6.45, 7) is 2.03. The number of hydrogen-bond donors (Lipinski definition) is 1. The van der Waals surface area contributed by atoms with Gasteiger partial charge in [0.15, 0.2) is 5.78 Å². The van der Waals surface area contributed by atoms with Crippen molar-refractivity contribution in [3.05, 3.63) is 95.1 Å². The summed E-state index contributed by atoms with van der Waals surface area (Å²) in [5, 5.41) is 3.47. The van der Waals surface area contributed by atoms with Crippen LogP contribution in [0.5, 0.6) is 5.75 Å². The van der Waals surface area contributed by atoms with Gasteiger partial charge in [-0.3, -0.25) is 4.79 Å². The van der Waals surface area contributed by atoms with E-state index in [1.165, 1.54) is 0 Å². The highest BCUT2D eigenvalue weighted by molar-refractivity contribution is 6.40. The second-order valence-corrected chi connectivity index (χ2v) is 6.32. The molecule has 0 unspecified atom stereocenters. The number of anilines is 1. The van der Waals surface area contributed by atoms with Crippen LogP contribution in [0.15, 0.2) is 72.8 Å². The molecular weight excluding hydrogens is 322 g/mol. The zero-order valence-electron chi connectivity index (χ0n) is 14.7. The first-order chi connectivity index (χ1) is 12.7. The van der Waals surface area contributed by atoms with Crippen LogP contribution in [-0.2, 0) is 0 Å². The molecule has 0 saturated carbocycles. The highest BCUT2D eigenvalue weighted by Crippen LogP contribution is 2.40. The molecule has 3 nitrogen and oxygen atoms in total. The fraction of sp³-hybridized carbons (Fsp3) is 0.0870. The molecule has 3 aromatic carbocycles. The smallest absolute Gasteiger partial charge is 0.196 e. The van der Waals surface area contributed by atoms with E-state index in [0.29, 0.717) is 5.57 Å². The van der Waals surface area contributed by atoms with Crippen LogP contribution >= 0.6 is 0 Å². The summed E-state index contributed by atoms with van der Waals surface area (Å²) in [4.78, 5) is 13.1. The third-order valence-electron chi connectivity index (χ3n) is 4.60. The predicted molar refractivity (Wildman–Crippen MR) is 105 cm³/mol. The fourth-order valence-corrected chi connectivity index (χ4v) is 3.35. The molecule has 0 amide bonds. The van der Waals surface area contributed by atoms with Crippen LogP contribution in [0.3, 0.4) is 0 Å². The molecule has 0 atom stereocenters. The summed E-state index contributed by atoms with van der Waals surface area (Å²) in [6, 6.07) is 23.5. The van der Waals surface area contributed by atoms with E-state index in [4.69, 9.17) is 4.74 Å². The Hall–Kier alpha value is -3.33. The lowest BCUT2D eigenvalue weighted by Gasteiger charge is -2.15. The Kier molecular flexibility index (Phi) is 4.05. The average Bonchev–Trinajstić information content (AvgIpc) is 2.95. The predicted octanol–water partition coefficient (Wildman–Crippen LogP) is 5.18. The number of ether oxygens (including phenoxy) is 1. The second-order valence-electron chi connectivity index (χ2n) is 6.32.